The maximum Gasteiger partial charge on any atom is 0.262 e. The van der Waals surface area contributed by atoms with Crippen LogP contribution >= 0.6 is 0 Å². The standard InChI is InChI=1S/C22H28N6O2S/c1-16-22(17(2)27(3)25-16)26-31(29,30)20-7-5-18(6-8-20)19-9-11-24-21(15-19)28-13-4-10-23-12-14-28/h5-9,11,15,23,26H,4,10,12-14H2,1-3H3. The number of sulfonamides is 1. The summed E-state index contributed by atoms with van der Waals surface area (Å²) < 4.78 is 30.1. The molecular weight excluding hydrogens is 412 g/mol. The van der Waals surface area contributed by atoms with E-state index in [2.05, 4.69) is 31.1 Å². The number of pyridine rings is 1. The van der Waals surface area contributed by atoms with Crippen molar-refractivity contribution in [1.82, 2.24) is 20.1 Å². The minimum atomic E-state index is -3.70. The van der Waals surface area contributed by atoms with Gasteiger partial charge in [0.05, 0.1) is 22.0 Å². The van der Waals surface area contributed by atoms with Crippen LogP contribution in [0.15, 0.2) is 47.5 Å². The Balaban J connectivity index is 1.56. The largest absolute Gasteiger partial charge is 0.355 e. The number of benzene rings is 1. The molecule has 2 N–H and O–H groups in total. The molecule has 8 nitrogen and oxygen atoms in total. The lowest BCUT2D eigenvalue weighted by Gasteiger charge is -2.21. The number of nitrogens with one attached hydrogen (secondary N) is 2. The Morgan fingerprint density at radius 2 is 1.81 bits per heavy atom. The average Bonchev–Trinajstić information content (AvgIpc) is 2.98. The smallest absolute Gasteiger partial charge is 0.262 e. The van der Waals surface area contributed by atoms with Gasteiger partial charge in [0.25, 0.3) is 10.0 Å². The van der Waals surface area contributed by atoms with Crippen LogP contribution in [0.2, 0.25) is 0 Å². The van der Waals surface area contributed by atoms with Gasteiger partial charge in [-0.3, -0.25) is 9.40 Å². The van der Waals surface area contributed by atoms with Crippen LogP contribution in [0.3, 0.4) is 0 Å². The van der Waals surface area contributed by atoms with Gasteiger partial charge >= 0.3 is 0 Å². The highest BCUT2D eigenvalue weighted by atomic mass is 32.2. The molecule has 2 aromatic heterocycles. The molecule has 9 heteroatoms. The first-order valence-electron chi connectivity index (χ1n) is 10.4. The summed E-state index contributed by atoms with van der Waals surface area (Å²) in [5, 5.41) is 7.67. The molecule has 1 aliphatic rings. The fourth-order valence-corrected chi connectivity index (χ4v) is 4.96. The van der Waals surface area contributed by atoms with Gasteiger partial charge in [0.15, 0.2) is 0 Å². The molecule has 0 spiro atoms. The fourth-order valence-electron chi connectivity index (χ4n) is 3.79. The molecule has 1 aliphatic heterocycles. The minimum absolute atomic E-state index is 0.215. The van der Waals surface area contributed by atoms with Crippen LogP contribution in [0.1, 0.15) is 17.8 Å². The summed E-state index contributed by atoms with van der Waals surface area (Å²) in [5.41, 5.74) is 3.90. The average molecular weight is 441 g/mol. The van der Waals surface area contributed by atoms with Gasteiger partial charge < -0.3 is 10.2 Å². The summed E-state index contributed by atoms with van der Waals surface area (Å²) in [6.07, 6.45) is 2.89. The third-order valence-corrected chi connectivity index (χ3v) is 7.02. The van der Waals surface area contributed by atoms with Crippen molar-refractivity contribution in [2.24, 2.45) is 7.05 Å². The topological polar surface area (TPSA) is 92.1 Å². The number of hydrogen-bond acceptors (Lipinski definition) is 6. The highest BCUT2D eigenvalue weighted by Crippen LogP contribution is 2.27. The van der Waals surface area contributed by atoms with Crippen LogP contribution in [-0.4, -0.2) is 49.4 Å². The van der Waals surface area contributed by atoms with E-state index in [0.29, 0.717) is 11.4 Å². The van der Waals surface area contributed by atoms with E-state index in [1.165, 1.54) is 0 Å². The Kier molecular flexibility index (Phi) is 5.97. The lowest BCUT2D eigenvalue weighted by Crippen LogP contribution is -2.28. The molecule has 0 saturated carbocycles. The lowest BCUT2D eigenvalue weighted by atomic mass is 10.1. The molecule has 3 aromatic rings. The van der Waals surface area contributed by atoms with Crippen molar-refractivity contribution in [2.75, 3.05) is 35.8 Å². The third kappa shape index (κ3) is 4.57. The van der Waals surface area contributed by atoms with Crippen LogP contribution in [0.25, 0.3) is 11.1 Å². The van der Waals surface area contributed by atoms with Crippen molar-refractivity contribution in [3.8, 4) is 11.1 Å². The van der Waals surface area contributed by atoms with E-state index < -0.39 is 10.0 Å². The van der Waals surface area contributed by atoms with Crippen molar-refractivity contribution in [1.29, 1.82) is 0 Å². The highest BCUT2D eigenvalue weighted by Gasteiger charge is 2.19. The summed E-state index contributed by atoms with van der Waals surface area (Å²) in [7, 11) is -1.91. The molecule has 3 heterocycles. The molecule has 1 fully saturated rings. The monoisotopic (exact) mass is 440 g/mol. The number of aromatic nitrogens is 3. The predicted molar refractivity (Wildman–Crippen MR) is 123 cm³/mol. The summed E-state index contributed by atoms with van der Waals surface area (Å²) in [6, 6.07) is 10.9. The van der Waals surface area contributed by atoms with Crippen LogP contribution in [-0.2, 0) is 17.1 Å². The highest BCUT2D eigenvalue weighted by molar-refractivity contribution is 7.92. The normalized spacial score (nSPS) is 15.0. The number of anilines is 2. The van der Waals surface area contributed by atoms with Gasteiger partial charge in [0.1, 0.15) is 5.82 Å². The van der Waals surface area contributed by atoms with E-state index in [1.807, 2.05) is 31.3 Å². The second kappa shape index (κ2) is 8.68. The van der Waals surface area contributed by atoms with Gasteiger partial charge in [-0.1, -0.05) is 12.1 Å². The Morgan fingerprint density at radius 1 is 1.03 bits per heavy atom. The first-order chi connectivity index (χ1) is 14.8. The summed E-state index contributed by atoms with van der Waals surface area (Å²) in [6.45, 7) is 7.49. The third-order valence-electron chi connectivity index (χ3n) is 5.65. The van der Waals surface area contributed by atoms with Crippen LogP contribution in [0, 0.1) is 13.8 Å². The zero-order valence-corrected chi connectivity index (χ0v) is 18.9. The molecule has 31 heavy (non-hydrogen) atoms. The molecule has 0 bridgehead atoms. The van der Waals surface area contributed by atoms with Gasteiger partial charge in [-0.05, 0) is 62.2 Å². The van der Waals surface area contributed by atoms with E-state index in [1.54, 1.807) is 30.8 Å². The van der Waals surface area contributed by atoms with Gasteiger partial charge in [-0.25, -0.2) is 13.4 Å². The van der Waals surface area contributed by atoms with Crippen molar-refractivity contribution in [3.05, 3.63) is 54.0 Å². The van der Waals surface area contributed by atoms with Crippen LogP contribution in [0.4, 0.5) is 11.5 Å². The maximum absolute atomic E-state index is 12.9. The van der Waals surface area contributed by atoms with E-state index >= 15 is 0 Å². The summed E-state index contributed by atoms with van der Waals surface area (Å²) >= 11 is 0. The molecule has 0 atom stereocenters. The summed E-state index contributed by atoms with van der Waals surface area (Å²) in [4.78, 5) is 7.03. The molecule has 0 amide bonds. The van der Waals surface area contributed by atoms with E-state index in [4.69, 9.17) is 0 Å². The Morgan fingerprint density at radius 3 is 2.52 bits per heavy atom. The zero-order chi connectivity index (χ0) is 22.0. The maximum atomic E-state index is 12.9. The quantitative estimate of drug-likeness (QED) is 0.634. The molecule has 1 aromatic carbocycles. The summed E-state index contributed by atoms with van der Waals surface area (Å²) in [5.74, 6) is 0.946. The number of aryl methyl sites for hydroxylation is 2. The SMILES string of the molecule is Cc1nn(C)c(C)c1NS(=O)(=O)c1ccc(-c2ccnc(N3CCCNCC3)c2)cc1. The zero-order valence-electron chi connectivity index (χ0n) is 18.1. The molecule has 0 unspecified atom stereocenters. The Hall–Kier alpha value is -2.91. The second-order valence-corrected chi connectivity index (χ2v) is 9.48. The second-order valence-electron chi connectivity index (χ2n) is 7.79. The lowest BCUT2D eigenvalue weighted by molar-refractivity contribution is 0.601. The number of nitrogens with zero attached hydrogens (tertiary/aromatic N) is 4. The molecule has 0 aliphatic carbocycles. The first kappa shape index (κ1) is 21.3. The van der Waals surface area contributed by atoms with Crippen LogP contribution < -0.4 is 14.9 Å². The number of rotatable bonds is 5. The molecule has 0 radical (unpaired) electrons. The van der Waals surface area contributed by atoms with E-state index in [9.17, 15) is 8.42 Å². The Bertz CT molecular complexity index is 1160. The van der Waals surface area contributed by atoms with Crippen molar-refractivity contribution >= 4 is 21.5 Å². The minimum Gasteiger partial charge on any atom is -0.355 e. The van der Waals surface area contributed by atoms with Gasteiger partial charge in [0.2, 0.25) is 0 Å². The predicted octanol–water partition coefficient (Wildman–Crippen LogP) is 2.70. The number of hydrogen-bond donors (Lipinski definition) is 2. The Labute approximate surface area is 183 Å². The van der Waals surface area contributed by atoms with Gasteiger partial charge in [-0.15, -0.1) is 0 Å². The fraction of sp³-hybridized carbons (Fsp3) is 0.364. The van der Waals surface area contributed by atoms with Crippen LogP contribution in [0.5, 0.6) is 0 Å². The van der Waals surface area contributed by atoms with Gasteiger partial charge in [-0.2, -0.15) is 5.10 Å². The van der Waals surface area contributed by atoms with Crippen molar-refractivity contribution < 1.29 is 8.42 Å². The molecule has 4 rings (SSSR count). The molecule has 1 saturated heterocycles. The van der Waals surface area contributed by atoms with E-state index in [-0.39, 0.29) is 4.90 Å². The van der Waals surface area contributed by atoms with E-state index in [0.717, 1.165) is 55.2 Å². The molecular formula is C22H28N6O2S. The van der Waals surface area contributed by atoms with Gasteiger partial charge in [0, 0.05) is 32.9 Å². The molecule has 164 valence electrons. The van der Waals surface area contributed by atoms with Crippen molar-refractivity contribution in [3.63, 3.8) is 0 Å². The first-order valence-corrected chi connectivity index (χ1v) is 11.9. The van der Waals surface area contributed by atoms with Crippen molar-refractivity contribution in [2.45, 2.75) is 25.2 Å².